The second kappa shape index (κ2) is 11.0. The standard InChI is InChI=1S/C23H30N4O2.HI/c1-24-23(25-14-18-8-10-20(28-2)11-9-18)27-16-21-22(17-27)29-13-12-26(21)15-19-6-4-3-5-7-19;/h3-11,21-22H,12-17H2,1-2H3,(H,24,25);1H. The van der Waals surface area contributed by atoms with Gasteiger partial charge in [0.05, 0.1) is 25.9 Å². The average Bonchev–Trinajstić information content (AvgIpc) is 3.20. The van der Waals surface area contributed by atoms with E-state index in [1.165, 1.54) is 11.1 Å². The van der Waals surface area contributed by atoms with Crippen molar-refractivity contribution in [3.63, 3.8) is 0 Å². The normalized spacial score (nSPS) is 21.7. The number of halogens is 1. The number of aliphatic imine (C=N–C) groups is 1. The van der Waals surface area contributed by atoms with E-state index >= 15 is 0 Å². The van der Waals surface area contributed by atoms with Crippen LogP contribution in [-0.2, 0) is 17.8 Å². The van der Waals surface area contributed by atoms with Crippen LogP contribution in [0.15, 0.2) is 59.6 Å². The third kappa shape index (κ3) is 5.44. The Bertz CT molecular complexity index is 816. The monoisotopic (exact) mass is 522 g/mol. The Balaban J connectivity index is 0.00000256. The molecular formula is C23H31IN4O2. The molecule has 2 unspecified atom stereocenters. The molecule has 0 radical (unpaired) electrons. The van der Waals surface area contributed by atoms with Crippen molar-refractivity contribution in [3.8, 4) is 5.75 Å². The van der Waals surface area contributed by atoms with Crippen molar-refractivity contribution in [2.24, 2.45) is 4.99 Å². The molecule has 6 nitrogen and oxygen atoms in total. The number of methoxy groups -OCH3 is 1. The van der Waals surface area contributed by atoms with Gasteiger partial charge in [-0.05, 0) is 23.3 Å². The van der Waals surface area contributed by atoms with E-state index < -0.39 is 0 Å². The minimum absolute atomic E-state index is 0. The zero-order valence-electron chi connectivity index (χ0n) is 17.7. The van der Waals surface area contributed by atoms with Gasteiger partial charge in [0, 0.05) is 39.8 Å². The quantitative estimate of drug-likeness (QED) is 0.372. The van der Waals surface area contributed by atoms with Gasteiger partial charge in [-0.1, -0.05) is 42.5 Å². The van der Waals surface area contributed by atoms with Crippen LogP contribution in [0.4, 0.5) is 0 Å². The fraction of sp³-hybridized carbons (Fsp3) is 0.435. The molecule has 0 aliphatic carbocycles. The Hall–Kier alpha value is -1.84. The fourth-order valence-electron chi connectivity index (χ4n) is 4.20. The molecule has 2 aromatic carbocycles. The summed E-state index contributed by atoms with van der Waals surface area (Å²) in [6.07, 6.45) is 0.229. The number of guanidine groups is 1. The summed E-state index contributed by atoms with van der Waals surface area (Å²) in [4.78, 5) is 9.40. The summed E-state index contributed by atoms with van der Waals surface area (Å²) in [5.74, 6) is 1.80. The average molecular weight is 522 g/mol. The Labute approximate surface area is 196 Å². The summed E-state index contributed by atoms with van der Waals surface area (Å²) in [5, 5.41) is 3.50. The van der Waals surface area contributed by atoms with Crippen molar-refractivity contribution in [1.29, 1.82) is 0 Å². The van der Waals surface area contributed by atoms with Gasteiger partial charge in [0.2, 0.25) is 0 Å². The largest absolute Gasteiger partial charge is 0.497 e. The molecule has 2 atom stereocenters. The molecule has 2 aliphatic rings. The van der Waals surface area contributed by atoms with Crippen molar-refractivity contribution in [2.45, 2.75) is 25.2 Å². The number of ether oxygens (including phenoxy) is 2. The Morgan fingerprint density at radius 1 is 1.10 bits per heavy atom. The van der Waals surface area contributed by atoms with Gasteiger partial charge in [-0.15, -0.1) is 24.0 Å². The first-order valence-electron chi connectivity index (χ1n) is 10.2. The van der Waals surface area contributed by atoms with E-state index in [0.29, 0.717) is 6.04 Å². The lowest BCUT2D eigenvalue weighted by molar-refractivity contribution is -0.0502. The molecule has 2 fully saturated rings. The molecule has 0 amide bonds. The van der Waals surface area contributed by atoms with Gasteiger partial charge in [0.25, 0.3) is 0 Å². The number of hydrogen-bond acceptors (Lipinski definition) is 4. The molecule has 0 bridgehead atoms. The van der Waals surface area contributed by atoms with Gasteiger partial charge in [0.15, 0.2) is 5.96 Å². The highest BCUT2D eigenvalue weighted by Gasteiger charge is 2.41. The lowest BCUT2D eigenvalue weighted by Crippen LogP contribution is -2.50. The SMILES string of the molecule is CN=C(NCc1ccc(OC)cc1)N1CC2OCCN(Cc3ccccc3)C2C1.I. The van der Waals surface area contributed by atoms with Crippen molar-refractivity contribution >= 4 is 29.9 Å². The smallest absolute Gasteiger partial charge is 0.194 e. The highest BCUT2D eigenvalue weighted by atomic mass is 127. The van der Waals surface area contributed by atoms with Gasteiger partial charge >= 0.3 is 0 Å². The number of likely N-dealkylation sites (tertiary alicyclic amines) is 1. The number of morpholine rings is 1. The number of nitrogens with zero attached hydrogens (tertiary/aromatic N) is 3. The maximum Gasteiger partial charge on any atom is 0.194 e. The molecule has 2 aromatic rings. The van der Waals surface area contributed by atoms with E-state index in [4.69, 9.17) is 9.47 Å². The third-order valence-corrected chi connectivity index (χ3v) is 5.77. The van der Waals surface area contributed by atoms with Gasteiger partial charge < -0.3 is 19.7 Å². The van der Waals surface area contributed by atoms with Crippen LogP contribution >= 0.6 is 24.0 Å². The molecule has 0 aromatic heterocycles. The third-order valence-electron chi connectivity index (χ3n) is 5.77. The van der Waals surface area contributed by atoms with E-state index in [0.717, 1.165) is 51.0 Å². The van der Waals surface area contributed by atoms with Crippen molar-refractivity contribution in [2.75, 3.05) is 40.4 Å². The lowest BCUT2D eigenvalue weighted by Gasteiger charge is -2.36. The first-order chi connectivity index (χ1) is 14.3. The van der Waals surface area contributed by atoms with E-state index in [2.05, 4.69) is 62.6 Å². The zero-order chi connectivity index (χ0) is 20.1. The zero-order valence-corrected chi connectivity index (χ0v) is 20.0. The summed E-state index contributed by atoms with van der Waals surface area (Å²) < 4.78 is 11.3. The van der Waals surface area contributed by atoms with Crippen molar-refractivity contribution < 1.29 is 9.47 Å². The number of hydrogen-bond donors (Lipinski definition) is 1. The van der Waals surface area contributed by atoms with Crippen LogP contribution in [0, 0.1) is 0 Å². The number of rotatable bonds is 5. The first-order valence-corrected chi connectivity index (χ1v) is 10.2. The van der Waals surface area contributed by atoms with Crippen LogP contribution < -0.4 is 10.1 Å². The van der Waals surface area contributed by atoms with Crippen molar-refractivity contribution in [3.05, 3.63) is 65.7 Å². The van der Waals surface area contributed by atoms with Crippen LogP contribution in [0.2, 0.25) is 0 Å². The van der Waals surface area contributed by atoms with E-state index in [-0.39, 0.29) is 30.1 Å². The molecular weight excluding hydrogens is 491 g/mol. The van der Waals surface area contributed by atoms with E-state index in [1.54, 1.807) is 7.11 Å². The molecule has 7 heteroatoms. The summed E-state index contributed by atoms with van der Waals surface area (Å²) >= 11 is 0. The fourth-order valence-corrected chi connectivity index (χ4v) is 4.20. The molecule has 0 saturated carbocycles. The van der Waals surface area contributed by atoms with E-state index in [1.807, 2.05) is 19.2 Å². The number of fused-ring (bicyclic) bond motifs is 1. The maximum atomic E-state index is 6.10. The topological polar surface area (TPSA) is 49.3 Å². The van der Waals surface area contributed by atoms with Crippen LogP contribution in [0.1, 0.15) is 11.1 Å². The van der Waals surface area contributed by atoms with Crippen molar-refractivity contribution in [1.82, 2.24) is 15.1 Å². The van der Waals surface area contributed by atoms with Gasteiger partial charge in [-0.2, -0.15) is 0 Å². The molecule has 2 aliphatic heterocycles. The summed E-state index contributed by atoms with van der Waals surface area (Å²) in [6, 6.07) is 19.2. The van der Waals surface area contributed by atoms with Crippen LogP contribution in [0.25, 0.3) is 0 Å². The minimum Gasteiger partial charge on any atom is -0.497 e. The highest BCUT2D eigenvalue weighted by Crippen LogP contribution is 2.24. The van der Waals surface area contributed by atoms with E-state index in [9.17, 15) is 0 Å². The second-order valence-corrected chi connectivity index (χ2v) is 7.59. The maximum absolute atomic E-state index is 6.10. The van der Waals surface area contributed by atoms with Crippen LogP contribution in [-0.4, -0.2) is 68.3 Å². The molecule has 1 N–H and O–H groups in total. The summed E-state index contributed by atoms with van der Waals surface area (Å²) in [5.41, 5.74) is 2.55. The van der Waals surface area contributed by atoms with Gasteiger partial charge in [-0.3, -0.25) is 9.89 Å². The predicted molar refractivity (Wildman–Crippen MR) is 131 cm³/mol. The Morgan fingerprint density at radius 3 is 2.57 bits per heavy atom. The molecule has 2 saturated heterocycles. The Morgan fingerprint density at radius 2 is 1.87 bits per heavy atom. The number of nitrogens with one attached hydrogen (secondary N) is 1. The molecule has 162 valence electrons. The summed E-state index contributed by atoms with van der Waals surface area (Å²) in [6.45, 7) is 5.27. The molecule has 30 heavy (non-hydrogen) atoms. The molecule has 0 spiro atoms. The predicted octanol–water partition coefficient (Wildman–Crippen LogP) is 2.97. The highest BCUT2D eigenvalue weighted by molar-refractivity contribution is 14.0. The van der Waals surface area contributed by atoms with Crippen LogP contribution in [0.5, 0.6) is 5.75 Å². The van der Waals surface area contributed by atoms with Crippen LogP contribution in [0.3, 0.4) is 0 Å². The summed E-state index contributed by atoms with van der Waals surface area (Å²) in [7, 11) is 3.53. The first kappa shape index (κ1) is 22.8. The minimum atomic E-state index is 0. The second-order valence-electron chi connectivity index (χ2n) is 7.59. The van der Waals surface area contributed by atoms with Gasteiger partial charge in [-0.25, -0.2) is 0 Å². The van der Waals surface area contributed by atoms with Gasteiger partial charge in [0.1, 0.15) is 5.75 Å². The molecule has 2 heterocycles. The lowest BCUT2D eigenvalue weighted by atomic mass is 10.1. The number of benzene rings is 2. The molecule has 4 rings (SSSR count). The Kier molecular flexibility index (Phi) is 8.35.